The third-order valence-electron chi connectivity index (χ3n) is 1.85. The lowest BCUT2D eigenvalue weighted by Crippen LogP contribution is -2.33. The van der Waals surface area contributed by atoms with Gasteiger partial charge >= 0.3 is 0 Å². The van der Waals surface area contributed by atoms with Crippen molar-refractivity contribution < 1.29 is 14.9 Å². The average Bonchev–Trinajstić information content (AvgIpc) is 2.14. The Labute approximate surface area is 60.6 Å². The largest absolute Gasteiger partial charge is 0.388 e. The van der Waals surface area contributed by atoms with E-state index in [0.717, 1.165) is 0 Å². The molecule has 1 rings (SSSR count). The molecule has 0 bridgehead atoms. The van der Waals surface area contributed by atoms with Crippen LogP contribution in [0.4, 0.5) is 0 Å². The number of hydrogen-bond acceptors (Lipinski definition) is 3. The minimum atomic E-state index is -0.694. The van der Waals surface area contributed by atoms with E-state index in [9.17, 15) is 5.11 Å². The van der Waals surface area contributed by atoms with Gasteiger partial charge in [-0.3, -0.25) is 0 Å². The molecular formula is C7H14O3. The van der Waals surface area contributed by atoms with Gasteiger partial charge in [-0.05, 0) is 5.92 Å². The van der Waals surface area contributed by atoms with Crippen LogP contribution in [0.2, 0.25) is 0 Å². The summed E-state index contributed by atoms with van der Waals surface area (Å²) in [5, 5.41) is 18.3. The van der Waals surface area contributed by atoms with Crippen LogP contribution < -0.4 is 0 Å². The van der Waals surface area contributed by atoms with Crippen LogP contribution in [0.3, 0.4) is 0 Å². The first-order valence-electron chi connectivity index (χ1n) is 3.60. The van der Waals surface area contributed by atoms with Crippen LogP contribution in [0.25, 0.3) is 0 Å². The molecule has 3 nitrogen and oxygen atoms in total. The third-order valence-corrected chi connectivity index (χ3v) is 1.85. The van der Waals surface area contributed by atoms with Crippen molar-refractivity contribution in [3.63, 3.8) is 0 Å². The molecular weight excluding hydrogens is 132 g/mol. The number of rotatable bonds is 1. The Morgan fingerprint density at radius 3 is 2.20 bits per heavy atom. The smallest absolute Gasteiger partial charge is 0.108 e. The first-order valence-corrected chi connectivity index (χ1v) is 3.60. The monoisotopic (exact) mass is 146 g/mol. The minimum absolute atomic E-state index is 0.185. The maximum absolute atomic E-state index is 9.25. The molecule has 1 aliphatic rings. The van der Waals surface area contributed by atoms with Gasteiger partial charge in [0.15, 0.2) is 0 Å². The summed E-state index contributed by atoms with van der Waals surface area (Å²) in [4.78, 5) is 0. The van der Waals surface area contributed by atoms with E-state index in [1.165, 1.54) is 0 Å². The summed E-state index contributed by atoms with van der Waals surface area (Å²) in [7, 11) is 0. The van der Waals surface area contributed by atoms with Crippen molar-refractivity contribution in [2.45, 2.75) is 32.2 Å². The second-order valence-corrected chi connectivity index (χ2v) is 3.10. The summed E-state index contributed by atoms with van der Waals surface area (Å²) in [6.07, 6.45) is -1.57. The van der Waals surface area contributed by atoms with Crippen molar-refractivity contribution in [1.29, 1.82) is 0 Å². The fourth-order valence-electron chi connectivity index (χ4n) is 1.21. The van der Waals surface area contributed by atoms with Gasteiger partial charge in [0.05, 0.1) is 12.7 Å². The van der Waals surface area contributed by atoms with Crippen molar-refractivity contribution in [2.75, 3.05) is 6.61 Å². The first-order chi connectivity index (χ1) is 4.63. The minimum Gasteiger partial charge on any atom is -0.388 e. The molecule has 3 atom stereocenters. The summed E-state index contributed by atoms with van der Waals surface area (Å²) in [5.74, 6) is 0.271. The predicted molar refractivity (Wildman–Crippen MR) is 36.6 cm³/mol. The molecule has 0 saturated carbocycles. The zero-order valence-electron chi connectivity index (χ0n) is 6.32. The quantitative estimate of drug-likeness (QED) is 0.537. The van der Waals surface area contributed by atoms with E-state index >= 15 is 0 Å². The van der Waals surface area contributed by atoms with Gasteiger partial charge in [0.25, 0.3) is 0 Å². The van der Waals surface area contributed by atoms with E-state index in [-0.39, 0.29) is 18.6 Å². The van der Waals surface area contributed by atoms with E-state index in [2.05, 4.69) is 0 Å². The topological polar surface area (TPSA) is 49.7 Å². The van der Waals surface area contributed by atoms with Crippen LogP contribution >= 0.6 is 0 Å². The Bertz CT molecular complexity index is 113. The Morgan fingerprint density at radius 2 is 2.00 bits per heavy atom. The molecule has 0 aromatic carbocycles. The number of hydrogen-bond donors (Lipinski definition) is 2. The van der Waals surface area contributed by atoms with Gasteiger partial charge in [0.1, 0.15) is 12.2 Å². The fourth-order valence-corrected chi connectivity index (χ4v) is 1.21. The Hall–Kier alpha value is -0.120. The molecule has 1 heterocycles. The molecule has 1 fully saturated rings. The van der Waals surface area contributed by atoms with Crippen LogP contribution in [0.5, 0.6) is 0 Å². The summed E-state index contributed by atoms with van der Waals surface area (Å²) in [5.41, 5.74) is 0. The van der Waals surface area contributed by atoms with Crippen LogP contribution in [0, 0.1) is 5.92 Å². The summed E-state index contributed by atoms with van der Waals surface area (Å²) in [6, 6.07) is 0. The Kier molecular flexibility index (Phi) is 2.28. The van der Waals surface area contributed by atoms with Crippen molar-refractivity contribution in [1.82, 2.24) is 0 Å². The number of ether oxygens (including phenoxy) is 1. The fraction of sp³-hybridized carbons (Fsp3) is 1.00. The van der Waals surface area contributed by atoms with E-state index in [0.29, 0.717) is 0 Å². The maximum atomic E-state index is 9.25. The molecule has 1 saturated heterocycles. The normalized spacial score (nSPS) is 41.1. The molecule has 0 aromatic heterocycles. The molecule has 2 N–H and O–H groups in total. The second-order valence-electron chi connectivity index (χ2n) is 3.10. The van der Waals surface area contributed by atoms with Crippen LogP contribution in [-0.2, 0) is 4.74 Å². The van der Waals surface area contributed by atoms with Gasteiger partial charge in [-0.1, -0.05) is 13.8 Å². The first kappa shape index (κ1) is 7.98. The van der Waals surface area contributed by atoms with Crippen LogP contribution in [-0.4, -0.2) is 35.1 Å². The lowest BCUT2D eigenvalue weighted by Gasteiger charge is -2.17. The molecule has 0 unspecified atom stereocenters. The summed E-state index contributed by atoms with van der Waals surface area (Å²) in [6.45, 7) is 4.20. The van der Waals surface area contributed by atoms with Gasteiger partial charge in [-0.2, -0.15) is 0 Å². The predicted octanol–water partition coefficient (Wildman–Crippen LogP) is -0.237. The molecule has 0 aromatic rings. The molecule has 3 heteroatoms. The highest BCUT2D eigenvalue weighted by Gasteiger charge is 2.36. The third kappa shape index (κ3) is 1.31. The van der Waals surface area contributed by atoms with Crippen LogP contribution in [0.15, 0.2) is 0 Å². The lowest BCUT2D eigenvalue weighted by atomic mass is 10.0. The van der Waals surface area contributed by atoms with Crippen LogP contribution in [0.1, 0.15) is 13.8 Å². The average molecular weight is 146 g/mol. The number of aliphatic hydroxyl groups excluding tert-OH is 2. The Morgan fingerprint density at radius 1 is 1.40 bits per heavy atom. The van der Waals surface area contributed by atoms with Crippen molar-refractivity contribution in [3.8, 4) is 0 Å². The van der Waals surface area contributed by atoms with Gasteiger partial charge in [0.2, 0.25) is 0 Å². The molecule has 1 aliphatic heterocycles. The SMILES string of the molecule is CC(C)[C@@H]1OC[C@@H](O)[C@H]1O. The lowest BCUT2D eigenvalue weighted by molar-refractivity contribution is 0.000154. The van der Waals surface area contributed by atoms with Crippen molar-refractivity contribution in [2.24, 2.45) is 5.92 Å². The molecule has 0 amide bonds. The van der Waals surface area contributed by atoms with Gasteiger partial charge in [-0.25, -0.2) is 0 Å². The van der Waals surface area contributed by atoms with Crippen molar-refractivity contribution in [3.05, 3.63) is 0 Å². The van der Waals surface area contributed by atoms with E-state index in [4.69, 9.17) is 9.84 Å². The summed E-state index contributed by atoms with van der Waals surface area (Å²) < 4.78 is 5.14. The maximum Gasteiger partial charge on any atom is 0.108 e. The number of aliphatic hydroxyl groups is 2. The van der Waals surface area contributed by atoms with Gasteiger partial charge in [-0.15, -0.1) is 0 Å². The van der Waals surface area contributed by atoms with E-state index < -0.39 is 12.2 Å². The van der Waals surface area contributed by atoms with E-state index in [1.807, 2.05) is 13.8 Å². The van der Waals surface area contributed by atoms with E-state index in [1.54, 1.807) is 0 Å². The molecule has 60 valence electrons. The van der Waals surface area contributed by atoms with Gasteiger partial charge < -0.3 is 14.9 Å². The second kappa shape index (κ2) is 2.86. The molecule has 0 spiro atoms. The molecule has 0 radical (unpaired) electrons. The highest BCUT2D eigenvalue weighted by atomic mass is 16.5. The zero-order chi connectivity index (χ0) is 7.72. The van der Waals surface area contributed by atoms with Gasteiger partial charge in [0, 0.05) is 0 Å². The zero-order valence-corrected chi connectivity index (χ0v) is 6.32. The molecule has 10 heavy (non-hydrogen) atoms. The molecule has 0 aliphatic carbocycles. The van der Waals surface area contributed by atoms with Crippen molar-refractivity contribution >= 4 is 0 Å². The highest BCUT2D eigenvalue weighted by molar-refractivity contribution is 4.84. The standard InChI is InChI=1S/C7H14O3/c1-4(2)7-6(9)5(8)3-10-7/h4-9H,3H2,1-2H3/t5-,6-,7+/m1/s1. The summed E-state index contributed by atoms with van der Waals surface area (Å²) >= 11 is 0. The highest BCUT2D eigenvalue weighted by Crippen LogP contribution is 2.20. The Balaban J connectivity index is 2.49.